The molecule has 7 nitrogen and oxygen atoms in total. The van der Waals surface area contributed by atoms with Crippen molar-refractivity contribution in [1.82, 2.24) is 10.2 Å². The maximum Gasteiger partial charge on any atom is 0.407 e. The summed E-state index contributed by atoms with van der Waals surface area (Å²) in [5.74, 6) is -1.58. The van der Waals surface area contributed by atoms with Gasteiger partial charge in [-0.15, -0.1) is 0 Å². The molecule has 180 valence electrons. The molecule has 0 spiro atoms. The summed E-state index contributed by atoms with van der Waals surface area (Å²) in [5.41, 5.74) is 4.55. The molecular weight excluding hydrogens is 432 g/mol. The fraction of sp³-hybridized carbons (Fsp3) is 0.444. The number of nitrogens with one attached hydrogen (secondary N) is 1. The van der Waals surface area contributed by atoms with E-state index in [1.165, 1.54) is 0 Å². The lowest BCUT2D eigenvalue weighted by molar-refractivity contribution is -0.146. The number of nitrogens with zero attached hydrogens (tertiary/aromatic N) is 1. The van der Waals surface area contributed by atoms with E-state index in [1.807, 2.05) is 38.1 Å². The Morgan fingerprint density at radius 2 is 1.68 bits per heavy atom. The van der Waals surface area contributed by atoms with Gasteiger partial charge in [0.2, 0.25) is 5.91 Å². The number of carbonyl (C=O) groups is 3. The topological polar surface area (TPSA) is 95.9 Å². The summed E-state index contributed by atoms with van der Waals surface area (Å²) in [6, 6.07) is 15.5. The maximum absolute atomic E-state index is 13.2. The minimum atomic E-state index is -0.887. The lowest BCUT2D eigenvalue weighted by Crippen LogP contribution is -2.52. The molecule has 1 aliphatic heterocycles. The van der Waals surface area contributed by atoms with Crippen molar-refractivity contribution < 1.29 is 24.2 Å². The molecule has 2 aromatic carbocycles. The Hall–Kier alpha value is -3.35. The first-order chi connectivity index (χ1) is 16.3. The highest BCUT2D eigenvalue weighted by atomic mass is 16.5. The smallest absolute Gasteiger partial charge is 0.407 e. The highest BCUT2D eigenvalue weighted by molar-refractivity contribution is 5.86. The molecule has 1 fully saturated rings. The van der Waals surface area contributed by atoms with Crippen LogP contribution in [-0.4, -0.2) is 53.7 Å². The standard InChI is InChI=1S/C27H32N2O5/c1-17(2)14-24(25(30)29-13-7-8-18(15-29)26(31)32)28-27(33)34-16-23-21-11-5-3-9-19(21)20-10-4-6-12-22(20)23/h3-6,9-12,17-18,23-24H,7-8,13-16H2,1-2H3,(H,28,33)(H,31,32)/t18-,24-/m1/s1. The summed E-state index contributed by atoms with van der Waals surface area (Å²) in [5, 5.41) is 12.1. The zero-order valence-corrected chi connectivity index (χ0v) is 19.7. The first-order valence-corrected chi connectivity index (χ1v) is 12.0. The molecule has 7 heteroatoms. The number of carbonyl (C=O) groups excluding carboxylic acids is 2. The number of ether oxygens (including phenoxy) is 1. The van der Waals surface area contributed by atoms with Crippen LogP contribution in [0.5, 0.6) is 0 Å². The largest absolute Gasteiger partial charge is 0.481 e. The summed E-state index contributed by atoms with van der Waals surface area (Å²) in [6.45, 7) is 4.82. The Balaban J connectivity index is 1.42. The van der Waals surface area contributed by atoms with E-state index in [2.05, 4.69) is 29.6 Å². The van der Waals surface area contributed by atoms with Gasteiger partial charge in [-0.3, -0.25) is 9.59 Å². The number of aliphatic carboxylic acids is 1. The van der Waals surface area contributed by atoms with Gasteiger partial charge in [-0.2, -0.15) is 0 Å². The van der Waals surface area contributed by atoms with Crippen LogP contribution < -0.4 is 5.32 Å². The average Bonchev–Trinajstić information content (AvgIpc) is 3.15. The minimum Gasteiger partial charge on any atom is -0.481 e. The monoisotopic (exact) mass is 464 g/mol. The number of benzene rings is 2. The van der Waals surface area contributed by atoms with E-state index in [-0.39, 0.29) is 30.9 Å². The number of likely N-dealkylation sites (tertiary alicyclic amines) is 1. The fourth-order valence-electron chi connectivity index (χ4n) is 5.07. The van der Waals surface area contributed by atoms with Gasteiger partial charge in [-0.1, -0.05) is 62.4 Å². The normalized spacial score (nSPS) is 18.2. The van der Waals surface area contributed by atoms with Gasteiger partial charge < -0.3 is 20.1 Å². The van der Waals surface area contributed by atoms with E-state index in [0.717, 1.165) is 22.3 Å². The van der Waals surface area contributed by atoms with Crippen molar-refractivity contribution in [3.05, 3.63) is 59.7 Å². The molecule has 0 saturated carbocycles. The number of piperidine rings is 1. The molecule has 34 heavy (non-hydrogen) atoms. The molecule has 4 rings (SSSR count). The molecule has 2 atom stereocenters. The van der Waals surface area contributed by atoms with E-state index >= 15 is 0 Å². The van der Waals surface area contributed by atoms with Crippen LogP contribution in [0.15, 0.2) is 48.5 Å². The quantitative estimate of drug-likeness (QED) is 0.638. The molecule has 2 amide bonds. The van der Waals surface area contributed by atoms with Gasteiger partial charge in [0.05, 0.1) is 5.92 Å². The van der Waals surface area contributed by atoms with Gasteiger partial charge in [0.25, 0.3) is 0 Å². The summed E-state index contributed by atoms with van der Waals surface area (Å²) < 4.78 is 5.63. The second kappa shape index (κ2) is 10.3. The van der Waals surface area contributed by atoms with Gasteiger partial charge in [0.15, 0.2) is 0 Å². The SMILES string of the molecule is CC(C)C[C@@H](NC(=O)OCC1c2ccccc2-c2ccccc21)C(=O)N1CCC[C@@H](C(=O)O)C1. The second-order valence-corrected chi connectivity index (χ2v) is 9.61. The van der Waals surface area contributed by atoms with Gasteiger partial charge in [-0.25, -0.2) is 4.79 Å². The summed E-state index contributed by atoms with van der Waals surface area (Å²) in [7, 11) is 0. The van der Waals surface area contributed by atoms with E-state index in [0.29, 0.717) is 25.8 Å². The van der Waals surface area contributed by atoms with Crippen molar-refractivity contribution in [2.45, 2.75) is 45.1 Å². The Bertz CT molecular complexity index is 1020. The molecule has 1 saturated heterocycles. The summed E-state index contributed by atoms with van der Waals surface area (Å²) in [4.78, 5) is 38.9. The second-order valence-electron chi connectivity index (χ2n) is 9.61. The number of alkyl carbamates (subject to hydrolysis) is 1. The average molecular weight is 465 g/mol. The highest BCUT2D eigenvalue weighted by Crippen LogP contribution is 2.44. The van der Waals surface area contributed by atoms with Crippen molar-refractivity contribution in [3.8, 4) is 11.1 Å². The zero-order chi connectivity index (χ0) is 24.2. The third-order valence-corrected chi connectivity index (χ3v) is 6.72. The van der Waals surface area contributed by atoms with Crippen LogP contribution >= 0.6 is 0 Å². The van der Waals surface area contributed by atoms with Crippen LogP contribution in [0.4, 0.5) is 4.79 Å². The lowest BCUT2D eigenvalue weighted by Gasteiger charge is -2.34. The molecule has 2 N–H and O–H groups in total. The predicted octanol–water partition coefficient (Wildman–Crippen LogP) is 4.26. The van der Waals surface area contributed by atoms with Gasteiger partial charge in [0.1, 0.15) is 12.6 Å². The van der Waals surface area contributed by atoms with E-state index < -0.39 is 24.0 Å². The zero-order valence-electron chi connectivity index (χ0n) is 19.7. The first kappa shape index (κ1) is 23.8. The predicted molar refractivity (Wildman–Crippen MR) is 128 cm³/mol. The molecule has 1 aliphatic carbocycles. The van der Waals surface area contributed by atoms with Crippen molar-refractivity contribution in [3.63, 3.8) is 0 Å². The molecule has 2 aromatic rings. The van der Waals surface area contributed by atoms with Crippen LogP contribution in [-0.2, 0) is 14.3 Å². The Labute approximate surface area is 200 Å². The number of fused-ring (bicyclic) bond motifs is 3. The van der Waals surface area contributed by atoms with Gasteiger partial charge in [-0.05, 0) is 47.4 Å². The summed E-state index contributed by atoms with van der Waals surface area (Å²) in [6.07, 6.45) is 1.03. The van der Waals surface area contributed by atoms with E-state index in [9.17, 15) is 19.5 Å². The fourth-order valence-corrected chi connectivity index (χ4v) is 5.07. The number of carboxylic acid groups (broad SMARTS) is 1. The Morgan fingerprint density at radius 3 is 2.26 bits per heavy atom. The molecule has 0 unspecified atom stereocenters. The first-order valence-electron chi connectivity index (χ1n) is 12.0. The van der Waals surface area contributed by atoms with Gasteiger partial charge in [0, 0.05) is 19.0 Å². The highest BCUT2D eigenvalue weighted by Gasteiger charge is 2.34. The summed E-state index contributed by atoms with van der Waals surface area (Å²) >= 11 is 0. The van der Waals surface area contributed by atoms with Crippen LogP contribution in [0.1, 0.15) is 50.2 Å². The molecule has 0 aromatic heterocycles. The molecule has 0 bridgehead atoms. The Morgan fingerprint density at radius 1 is 1.06 bits per heavy atom. The maximum atomic E-state index is 13.2. The van der Waals surface area contributed by atoms with Gasteiger partial charge >= 0.3 is 12.1 Å². The molecule has 1 heterocycles. The third-order valence-electron chi connectivity index (χ3n) is 6.72. The number of hydrogen-bond acceptors (Lipinski definition) is 4. The van der Waals surface area contributed by atoms with Crippen molar-refractivity contribution in [1.29, 1.82) is 0 Å². The van der Waals surface area contributed by atoms with Crippen LogP contribution in [0.25, 0.3) is 11.1 Å². The number of rotatable bonds is 7. The Kier molecular flexibility index (Phi) is 7.20. The molecule has 0 radical (unpaired) electrons. The molecule has 2 aliphatic rings. The van der Waals surface area contributed by atoms with E-state index in [1.54, 1.807) is 4.90 Å². The lowest BCUT2D eigenvalue weighted by atomic mass is 9.96. The number of amides is 2. The minimum absolute atomic E-state index is 0.0594. The van der Waals surface area contributed by atoms with E-state index in [4.69, 9.17) is 4.74 Å². The van der Waals surface area contributed by atoms with Crippen molar-refractivity contribution in [2.75, 3.05) is 19.7 Å². The number of hydrogen-bond donors (Lipinski definition) is 2. The van der Waals surface area contributed by atoms with Crippen LogP contribution in [0.2, 0.25) is 0 Å². The van der Waals surface area contributed by atoms with Crippen LogP contribution in [0, 0.1) is 11.8 Å². The van der Waals surface area contributed by atoms with Crippen molar-refractivity contribution >= 4 is 18.0 Å². The molecular formula is C27H32N2O5. The van der Waals surface area contributed by atoms with Crippen molar-refractivity contribution in [2.24, 2.45) is 11.8 Å². The number of carboxylic acids is 1. The third kappa shape index (κ3) is 5.08. The van der Waals surface area contributed by atoms with Crippen LogP contribution in [0.3, 0.4) is 0 Å².